The molecule has 5 heteroatoms. The quantitative estimate of drug-likeness (QED) is 0.455. The maximum atomic E-state index is 12.5. The number of carbonyl (C=O) groups excluding carboxylic acids is 2. The van der Waals surface area contributed by atoms with Crippen LogP contribution in [0, 0.1) is 0 Å². The van der Waals surface area contributed by atoms with E-state index in [-0.39, 0.29) is 24.3 Å². The van der Waals surface area contributed by atoms with E-state index in [1.807, 2.05) is 36.4 Å². The van der Waals surface area contributed by atoms with Gasteiger partial charge in [-0.15, -0.1) is 0 Å². The van der Waals surface area contributed by atoms with Crippen LogP contribution < -0.4 is 10.1 Å². The number of nitrogens with zero attached hydrogens (tertiary/aromatic N) is 1. The molecule has 1 atom stereocenters. The van der Waals surface area contributed by atoms with Crippen molar-refractivity contribution in [2.45, 2.75) is 19.9 Å². The zero-order valence-electron chi connectivity index (χ0n) is 18.7. The summed E-state index contributed by atoms with van der Waals surface area (Å²) in [5.41, 5.74) is 2.40. The fourth-order valence-electron chi connectivity index (χ4n) is 3.67. The highest BCUT2D eigenvalue weighted by Gasteiger charge is 2.18. The number of amides is 1. The van der Waals surface area contributed by atoms with E-state index < -0.39 is 0 Å². The first-order valence-electron chi connectivity index (χ1n) is 11.0. The number of rotatable bonds is 11. The van der Waals surface area contributed by atoms with Crippen LogP contribution in [-0.2, 0) is 4.79 Å². The molecule has 3 rings (SSSR count). The predicted molar refractivity (Wildman–Crippen MR) is 127 cm³/mol. The molecule has 0 saturated heterocycles. The third-order valence-corrected chi connectivity index (χ3v) is 5.45. The van der Waals surface area contributed by atoms with Crippen molar-refractivity contribution in [1.29, 1.82) is 0 Å². The van der Waals surface area contributed by atoms with Crippen LogP contribution in [0.25, 0.3) is 0 Å². The van der Waals surface area contributed by atoms with Crippen molar-refractivity contribution < 1.29 is 14.3 Å². The topological polar surface area (TPSA) is 58.6 Å². The molecule has 0 aliphatic rings. The van der Waals surface area contributed by atoms with E-state index >= 15 is 0 Å². The summed E-state index contributed by atoms with van der Waals surface area (Å²) < 4.78 is 5.62. The molecule has 0 aromatic heterocycles. The number of ether oxygens (including phenoxy) is 1. The second-order valence-corrected chi connectivity index (χ2v) is 7.46. The van der Waals surface area contributed by atoms with Crippen LogP contribution >= 0.6 is 0 Å². The molecule has 0 aliphatic carbocycles. The van der Waals surface area contributed by atoms with Crippen molar-refractivity contribution in [3.05, 3.63) is 102 Å². The van der Waals surface area contributed by atoms with E-state index in [1.54, 1.807) is 36.4 Å². The monoisotopic (exact) mass is 430 g/mol. The van der Waals surface area contributed by atoms with Gasteiger partial charge < -0.3 is 10.1 Å². The third kappa shape index (κ3) is 6.28. The molecule has 32 heavy (non-hydrogen) atoms. The molecule has 0 aliphatic heterocycles. The van der Waals surface area contributed by atoms with Crippen molar-refractivity contribution >= 4 is 11.7 Å². The Morgan fingerprint density at radius 2 is 1.38 bits per heavy atom. The smallest absolute Gasteiger partial charge is 0.258 e. The Hall–Kier alpha value is -3.44. The lowest BCUT2D eigenvalue weighted by molar-refractivity contribution is -0.123. The van der Waals surface area contributed by atoms with E-state index in [4.69, 9.17) is 4.74 Å². The summed E-state index contributed by atoms with van der Waals surface area (Å²) in [4.78, 5) is 27.2. The normalized spacial score (nSPS) is 11.7. The average molecular weight is 431 g/mol. The molecular formula is C27H30N2O3. The van der Waals surface area contributed by atoms with E-state index in [2.05, 4.69) is 36.2 Å². The maximum absolute atomic E-state index is 12.5. The van der Waals surface area contributed by atoms with Crippen molar-refractivity contribution in [3.8, 4) is 5.75 Å². The molecule has 5 nitrogen and oxygen atoms in total. The highest BCUT2D eigenvalue weighted by Crippen LogP contribution is 2.19. The number of hydrogen-bond donors (Lipinski definition) is 1. The molecule has 0 bridgehead atoms. The lowest BCUT2D eigenvalue weighted by atomic mass is 10.0. The minimum absolute atomic E-state index is 0.0433. The van der Waals surface area contributed by atoms with Gasteiger partial charge in [-0.2, -0.15) is 0 Å². The Balaban J connectivity index is 1.53. The zero-order valence-corrected chi connectivity index (χ0v) is 18.7. The van der Waals surface area contributed by atoms with Crippen molar-refractivity contribution in [2.75, 3.05) is 26.2 Å². The molecule has 1 N–H and O–H groups in total. The Morgan fingerprint density at radius 1 is 0.812 bits per heavy atom. The number of likely N-dealkylation sites (N-methyl/N-ethyl adjacent to an activating group) is 1. The molecule has 0 spiro atoms. The molecule has 0 saturated carbocycles. The van der Waals surface area contributed by atoms with E-state index in [0.29, 0.717) is 23.4 Å². The predicted octanol–water partition coefficient (Wildman–Crippen LogP) is 4.50. The molecule has 0 heterocycles. The summed E-state index contributed by atoms with van der Waals surface area (Å²) in [7, 11) is 0. The fourth-order valence-corrected chi connectivity index (χ4v) is 3.67. The largest absolute Gasteiger partial charge is 0.484 e. The Labute approximate surface area is 190 Å². The van der Waals surface area contributed by atoms with Gasteiger partial charge in [0, 0.05) is 17.7 Å². The molecular weight excluding hydrogens is 400 g/mol. The first kappa shape index (κ1) is 23.2. The second kappa shape index (κ2) is 11.8. The number of benzene rings is 3. The lowest BCUT2D eigenvalue weighted by Crippen LogP contribution is -2.39. The number of ketones is 1. The zero-order chi connectivity index (χ0) is 22.8. The van der Waals surface area contributed by atoms with Gasteiger partial charge in [-0.05, 0) is 42.9 Å². The summed E-state index contributed by atoms with van der Waals surface area (Å²) in [6, 6.07) is 26.3. The first-order chi connectivity index (χ1) is 15.6. The van der Waals surface area contributed by atoms with Crippen molar-refractivity contribution in [1.82, 2.24) is 10.2 Å². The van der Waals surface area contributed by atoms with Gasteiger partial charge in [0.2, 0.25) is 0 Å². The Kier molecular flexibility index (Phi) is 8.58. The van der Waals surface area contributed by atoms with Gasteiger partial charge in [0.15, 0.2) is 12.4 Å². The second-order valence-electron chi connectivity index (χ2n) is 7.46. The molecule has 3 aromatic carbocycles. The van der Waals surface area contributed by atoms with Crippen LogP contribution in [0.4, 0.5) is 0 Å². The van der Waals surface area contributed by atoms with Gasteiger partial charge >= 0.3 is 0 Å². The van der Waals surface area contributed by atoms with Gasteiger partial charge in [-0.3, -0.25) is 14.5 Å². The van der Waals surface area contributed by atoms with Gasteiger partial charge in [0.1, 0.15) is 5.75 Å². The van der Waals surface area contributed by atoms with Gasteiger partial charge in [-0.25, -0.2) is 0 Å². The van der Waals surface area contributed by atoms with E-state index in [0.717, 1.165) is 13.1 Å². The first-order valence-corrected chi connectivity index (χ1v) is 11.0. The van der Waals surface area contributed by atoms with Crippen LogP contribution in [0.5, 0.6) is 5.75 Å². The third-order valence-electron chi connectivity index (χ3n) is 5.45. The molecule has 1 amide bonds. The summed E-state index contributed by atoms with van der Waals surface area (Å²) in [5.74, 6) is 0.328. The fraction of sp³-hybridized carbons (Fsp3) is 0.259. The molecule has 0 fully saturated rings. The molecule has 3 aromatic rings. The summed E-state index contributed by atoms with van der Waals surface area (Å²) in [6.07, 6.45) is 0. The van der Waals surface area contributed by atoms with Crippen LogP contribution in [0.15, 0.2) is 84.9 Å². The van der Waals surface area contributed by atoms with Crippen molar-refractivity contribution in [2.24, 2.45) is 0 Å². The van der Waals surface area contributed by atoms with E-state index in [1.165, 1.54) is 5.56 Å². The van der Waals surface area contributed by atoms with Gasteiger partial charge in [0.05, 0.1) is 6.04 Å². The standard InChI is InChI=1S/C27H30N2O3/c1-3-29(4-2)25(21-11-7-5-8-12-21)19-28-26(30)20-32-24-17-15-23(16-18-24)27(31)22-13-9-6-10-14-22/h5-18,25H,3-4,19-20H2,1-2H3,(H,28,30). The SMILES string of the molecule is CCN(CC)C(CNC(=O)COc1ccc(C(=O)c2ccccc2)cc1)c1ccccc1. The Bertz CT molecular complexity index is 984. The van der Waals surface area contributed by atoms with Crippen LogP contribution in [0.3, 0.4) is 0 Å². The maximum Gasteiger partial charge on any atom is 0.258 e. The van der Waals surface area contributed by atoms with Crippen LogP contribution in [0.1, 0.15) is 41.4 Å². The number of nitrogens with one attached hydrogen (secondary N) is 1. The summed E-state index contributed by atoms with van der Waals surface area (Å²) >= 11 is 0. The minimum atomic E-state index is -0.178. The number of hydrogen-bond acceptors (Lipinski definition) is 4. The number of carbonyl (C=O) groups is 2. The van der Waals surface area contributed by atoms with Crippen molar-refractivity contribution in [3.63, 3.8) is 0 Å². The minimum Gasteiger partial charge on any atom is -0.484 e. The van der Waals surface area contributed by atoms with Gasteiger partial charge in [0.25, 0.3) is 5.91 Å². The highest BCUT2D eigenvalue weighted by atomic mass is 16.5. The summed E-state index contributed by atoms with van der Waals surface area (Å²) in [6.45, 7) is 6.48. The van der Waals surface area contributed by atoms with Gasteiger partial charge in [-0.1, -0.05) is 74.5 Å². The van der Waals surface area contributed by atoms with Crippen LogP contribution in [0.2, 0.25) is 0 Å². The molecule has 1 unspecified atom stereocenters. The average Bonchev–Trinajstić information content (AvgIpc) is 2.86. The Morgan fingerprint density at radius 3 is 1.97 bits per heavy atom. The lowest BCUT2D eigenvalue weighted by Gasteiger charge is -2.30. The highest BCUT2D eigenvalue weighted by molar-refractivity contribution is 6.08. The van der Waals surface area contributed by atoms with Crippen LogP contribution in [-0.4, -0.2) is 42.8 Å². The summed E-state index contributed by atoms with van der Waals surface area (Å²) in [5, 5.41) is 2.99. The molecule has 166 valence electrons. The molecule has 0 radical (unpaired) electrons. The van der Waals surface area contributed by atoms with E-state index in [9.17, 15) is 9.59 Å².